The van der Waals surface area contributed by atoms with Crippen LogP contribution in [-0.4, -0.2) is 71.9 Å². The first-order valence-electron chi connectivity index (χ1n) is 9.16. The molecule has 0 spiro atoms. The van der Waals surface area contributed by atoms with Crippen LogP contribution < -0.4 is 15.5 Å². The molecule has 1 saturated heterocycles. The van der Waals surface area contributed by atoms with E-state index in [1.54, 1.807) is 18.1 Å². The summed E-state index contributed by atoms with van der Waals surface area (Å²) in [5.41, 5.74) is 1.09. The average molecular weight is 374 g/mol. The molecule has 0 amide bonds. The van der Waals surface area contributed by atoms with Crippen molar-refractivity contribution in [3.63, 3.8) is 0 Å². The van der Waals surface area contributed by atoms with E-state index in [-0.39, 0.29) is 5.82 Å². The largest absolute Gasteiger partial charge is 0.369 e. The number of benzene rings is 1. The molecule has 9 heteroatoms. The van der Waals surface area contributed by atoms with E-state index in [9.17, 15) is 4.39 Å². The first-order chi connectivity index (χ1) is 13.2. The Morgan fingerprint density at radius 3 is 2.52 bits per heavy atom. The molecule has 2 heterocycles. The highest BCUT2D eigenvalue weighted by Gasteiger charge is 2.17. The monoisotopic (exact) mass is 374 g/mol. The van der Waals surface area contributed by atoms with E-state index in [4.69, 9.17) is 0 Å². The van der Waals surface area contributed by atoms with Gasteiger partial charge in [0.15, 0.2) is 5.96 Å². The minimum atomic E-state index is -0.190. The third-order valence-electron chi connectivity index (χ3n) is 4.73. The van der Waals surface area contributed by atoms with E-state index in [0.29, 0.717) is 6.54 Å². The van der Waals surface area contributed by atoms with E-state index in [2.05, 4.69) is 35.5 Å². The molecule has 1 aromatic carbocycles. The summed E-state index contributed by atoms with van der Waals surface area (Å²) < 4.78 is 14.8. The first kappa shape index (κ1) is 19.1. The van der Waals surface area contributed by atoms with Gasteiger partial charge in [0, 0.05) is 59.1 Å². The molecular weight excluding hydrogens is 347 g/mol. The van der Waals surface area contributed by atoms with Gasteiger partial charge in [0.1, 0.15) is 18.0 Å². The molecule has 0 atom stereocenters. The zero-order valence-corrected chi connectivity index (χ0v) is 15.9. The van der Waals surface area contributed by atoms with Crippen molar-refractivity contribution in [1.29, 1.82) is 0 Å². The maximum atomic E-state index is 13.0. The highest BCUT2D eigenvalue weighted by Crippen LogP contribution is 2.16. The standard InChI is InChI=1S/C18H27FN8/c1-20-18(22-13-17-23-14-24-25(17)2)21-7-8-26-9-11-27(12-10-26)16-5-3-15(19)4-6-16/h3-6,14H,7-13H2,1-2H3,(H2,20,21,22). The van der Waals surface area contributed by atoms with Gasteiger partial charge in [-0.3, -0.25) is 14.6 Å². The van der Waals surface area contributed by atoms with Crippen molar-refractivity contribution in [2.75, 3.05) is 51.2 Å². The molecule has 8 nitrogen and oxygen atoms in total. The number of nitrogens with zero attached hydrogens (tertiary/aromatic N) is 6. The Hall–Kier alpha value is -2.68. The molecule has 0 aliphatic carbocycles. The second kappa shape index (κ2) is 9.31. The number of piperazine rings is 1. The van der Waals surface area contributed by atoms with Crippen molar-refractivity contribution in [2.24, 2.45) is 12.0 Å². The zero-order chi connectivity index (χ0) is 19.1. The van der Waals surface area contributed by atoms with Gasteiger partial charge in [-0.1, -0.05) is 0 Å². The maximum absolute atomic E-state index is 13.0. The fraction of sp³-hybridized carbons (Fsp3) is 0.500. The summed E-state index contributed by atoms with van der Waals surface area (Å²) in [5.74, 6) is 1.42. The minimum Gasteiger partial charge on any atom is -0.369 e. The minimum absolute atomic E-state index is 0.190. The molecule has 0 bridgehead atoms. The van der Waals surface area contributed by atoms with Gasteiger partial charge >= 0.3 is 0 Å². The van der Waals surface area contributed by atoms with E-state index in [0.717, 1.165) is 56.7 Å². The lowest BCUT2D eigenvalue weighted by molar-refractivity contribution is 0.261. The van der Waals surface area contributed by atoms with Crippen LogP contribution in [0, 0.1) is 5.82 Å². The molecule has 1 fully saturated rings. The Kier molecular flexibility index (Phi) is 6.59. The van der Waals surface area contributed by atoms with Gasteiger partial charge in [0.25, 0.3) is 0 Å². The van der Waals surface area contributed by atoms with E-state index in [1.807, 2.05) is 19.2 Å². The summed E-state index contributed by atoms with van der Waals surface area (Å²) >= 11 is 0. The summed E-state index contributed by atoms with van der Waals surface area (Å²) in [6.07, 6.45) is 1.54. The molecular formula is C18H27FN8. The normalized spacial score (nSPS) is 15.8. The summed E-state index contributed by atoms with van der Waals surface area (Å²) in [5, 5.41) is 10.6. The Bertz CT molecular complexity index is 734. The molecule has 2 aromatic rings. The molecule has 3 rings (SSSR count). The number of rotatable bonds is 6. The molecule has 1 aromatic heterocycles. The van der Waals surface area contributed by atoms with Gasteiger partial charge in [0.05, 0.1) is 6.54 Å². The number of guanidine groups is 1. The highest BCUT2D eigenvalue weighted by atomic mass is 19.1. The van der Waals surface area contributed by atoms with Gasteiger partial charge in [0.2, 0.25) is 0 Å². The quantitative estimate of drug-likeness (QED) is 0.565. The van der Waals surface area contributed by atoms with Crippen molar-refractivity contribution in [1.82, 2.24) is 30.3 Å². The average Bonchev–Trinajstić information content (AvgIpc) is 3.10. The number of aryl methyl sites for hydroxylation is 1. The number of hydrogen-bond acceptors (Lipinski definition) is 5. The Balaban J connectivity index is 1.35. The second-order valence-electron chi connectivity index (χ2n) is 6.46. The van der Waals surface area contributed by atoms with Crippen LogP contribution in [0.3, 0.4) is 0 Å². The molecule has 0 radical (unpaired) electrons. The third kappa shape index (κ3) is 5.40. The van der Waals surface area contributed by atoms with Gasteiger partial charge in [-0.05, 0) is 24.3 Å². The number of aromatic nitrogens is 3. The van der Waals surface area contributed by atoms with Crippen LogP contribution in [0.2, 0.25) is 0 Å². The number of nitrogens with one attached hydrogen (secondary N) is 2. The van der Waals surface area contributed by atoms with Crippen LogP contribution in [0.25, 0.3) is 0 Å². The van der Waals surface area contributed by atoms with Crippen molar-refractivity contribution >= 4 is 11.6 Å². The lowest BCUT2D eigenvalue weighted by Crippen LogP contribution is -2.49. The molecule has 0 unspecified atom stereocenters. The summed E-state index contributed by atoms with van der Waals surface area (Å²) in [6, 6.07) is 6.73. The lowest BCUT2D eigenvalue weighted by Gasteiger charge is -2.36. The Labute approximate surface area is 159 Å². The SMILES string of the molecule is CN=C(NCCN1CCN(c2ccc(F)cc2)CC1)NCc1ncnn1C. The highest BCUT2D eigenvalue weighted by molar-refractivity contribution is 5.79. The molecule has 1 aliphatic heterocycles. The van der Waals surface area contributed by atoms with E-state index < -0.39 is 0 Å². The summed E-state index contributed by atoms with van der Waals surface area (Å²) in [6.45, 7) is 6.22. The van der Waals surface area contributed by atoms with Crippen LogP contribution in [0.1, 0.15) is 5.82 Å². The van der Waals surface area contributed by atoms with Crippen LogP contribution in [0.15, 0.2) is 35.6 Å². The molecule has 146 valence electrons. The third-order valence-corrected chi connectivity index (χ3v) is 4.73. The number of hydrogen-bond donors (Lipinski definition) is 2. The predicted octanol–water partition coefficient (Wildman–Crippen LogP) is 0.441. The van der Waals surface area contributed by atoms with Crippen LogP contribution in [0.5, 0.6) is 0 Å². The number of anilines is 1. The molecule has 0 saturated carbocycles. The maximum Gasteiger partial charge on any atom is 0.191 e. The van der Waals surface area contributed by atoms with Gasteiger partial charge < -0.3 is 15.5 Å². The van der Waals surface area contributed by atoms with E-state index in [1.165, 1.54) is 12.1 Å². The Morgan fingerprint density at radius 2 is 1.89 bits per heavy atom. The number of aliphatic imine (C=N–C) groups is 1. The summed E-state index contributed by atoms with van der Waals surface area (Å²) in [7, 11) is 3.62. The van der Waals surface area contributed by atoms with Crippen molar-refractivity contribution in [2.45, 2.75) is 6.54 Å². The molecule has 27 heavy (non-hydrogen) atoms. The van der Waals surface area contributed by atoms with Gasteiger partial charge in [-0.2, -0.15) is 5.10 Å². The number of halogens is 1. The van der Waals surface area contributed by atoms with Crippen LogP contribution in [0.4, 0.5) is 10.1 Å². The summed E-state index contributed by atoms with van der Waals surface area (Å²) in [4.78, 5) is 13.1. The smallest absolute Gasteiger partial charge is 0.191 e. The fourth-order valence-electron chi connectivity index (χ4n) is 3.08. The van der Waals surface area contributed by atoms with Crippen LogP contribution >= 0.6 is 0 Å². The van der Waals surface area contributed by atoms with Gasteiger partial charge in [-0.25, -0.2) is 9.37 Å². The topological polar surface area (TPSA) is 73.6 Å². The van der Waals surface area contributed by atoms with E-state index >= 15 is 0 Å². The van der Waals surface area contributed by atoms with Gasteiger partial charge in [-0.15, -0.1) is 0 Å². The first-order valence-corrected chi connectivity index (χ1v) is 9.16. The second-order valence-corrected chi connectivity index (χ2v) is 6.46. The Morgan fingerprint density at radius 1 is 1.15 bits per heavy atom. The molecule has 2 N–H and O–H groups in total. The van der Waals surface area contributed by atoms with Crippen molar-refractivity contribution in [3.8, 4) is 0 Å². The van der Waals surface area contributed by atoms with Crippen molar-refractivity contribution in [3.05, 3.63) is 42.2 Å². The zero-order valence-electron chi connectivity index (χ0n) is 15.9. The van der Waals surface area contributed by atoms with Crippen molar-refractivity contribution < 1.29 is 4.39 Å². The van der Waals surface area contributed by atoms with Crippen LogP contribution in [-0.2, 0) is 13.6 Å². The lowest BCUT2D eigenvalue weighted by atomic mass is 10.2. The fourth-order valence-corrected chi connectivity index (χ4v) is 3.08. The molecule has 1 aliphatic rings. The predicted molar refractivity (Wildman–Crippen MR) is 104 cm³/mol.